The summed E-state index contributed by atoms with van der Waals surface area (Å²) in [7, 11) is 0. The average molecular weight is 302 g/mol. The van der Waals surface area contributed by atoms with E-state index in [0.717, 1.165) is 25.0 Å². The lowest BCUT2D eigenvalue weighted by atomic mass is 9.93. The van der Waals surface area contributed by atoms with Crippen LogP contribution in [0.5, 0.6) is 0 Å². The van der Waals surface area contributed by atoms with Crippen LogP contribution in [-0.2, 0) is 4.79 Å². The van der Waals surface area contributed by atoms with E-state index in [-0.39, 0.29) is 12.1 Å². The largest absolute Gasteiger partial charge is 0.480 e. The van der Waals surface area contributed by atoms with Gasteiger partial charge in [-0.2, -0.15) is 11.8 Å². The number of hydrogen-bond acceptors (Lipinski definition) is 3. The highest BCUT2D eigenvalue weighted by Crippen LogP contribution is 2.29. The van der Waals surface area contributed by atoms with Crippen LogP contribution < -0.4 is 10.6 Å². The number of aliphatic carboxylic acids is 1. The molecule has 0 radical (unpaired) electrons. The van der Waals surface area contributed by atoms with Gasteiger partial charge in [-0.1, -0.05) is 27.2 Å². The third-order valence-corrected chi connectivity index (χ3v) is 5.44. The van der Waals surface area contributed by atoms with Crippen molar-refractivity contribution in [2.24, 2.45) is 0 Å². The molecule has 0 bridgehead atoms. The molecule has 0 aliphatic heterocycles. The van der Waals surface area contributed by atoms with Gasteiger partial charge in [-0.25, -0.2) is 9.59 Å². The van der Waals surface area contributed by atoms with E-state index in [1.165, 1.54) is 0 Å². The van der Waals surface area contributed by atoms with Gasteiger partial charge in [-0.05, 0) is 31.4 Å². The fourth-order valence-electron chi connectivity index (χ4n) is 2.71. The van der Waals surface area contributed by atoms with Crippen molar-refractivity contribution in [3.05, 3.63) is 0 Å². The number of hydrogen-bond donors (Lipinski definition) is 3. The zero-order valence-corrected chi connectivity index (χ0v) is 13.4. The molecule has 1 aliphatic carbocycles. The molecular formula is C14H26N2O3S. The minimum absolute atomic E-state index is 0.153. The monoisotopic (exact) mass is 302 g/mol. The highest BCUT2D eigenvalue weighted by atomic mass is 32.2. The number of nitrogens with one attached hydrogen (secondary N) is 2. The van der Waals surface area contributed by atoms with E-state index in [0.29, 0.717) is 18.1 Å². The summed E-state index contributed by atoms with van der Waals surface area (Å²) in [6, 6.07) is -0.204. The maximum absolute atomic E-state index is 12.1. The fourth-order valence-corrected chi connectivity index (χ4v) is 3.91. The first kappa shape index (κ1) is 17.1. The van der Waals surface area contributed by atoms with E-state index >= 15 is 0 Å². The van der Waals surface area contributed by atoms with Crippen LogP contribution in [0.4, 0.5) is 4.79 Å². The van der Waals surface area contributed by atoms with E-state index in [2.05, 4.69) is 17.6 Å². The summed E-state index contributed by atoms with van der Waals surface area (Å²) >= 11 is 1.87. The summed E-state index contributed by atoms with van der Waals surface area (Å²) in [4.78, 5) is 23.5. The number of carbonyl (C=O) groups is 2. The third kappa shape index (κ3) is 4.04. The maximum Gasteiger partial charge on any atom is 0.329 e. The molecule has 3 N–H and O–H groups in total. The Bertz CT molecular complexity index is 345. The van der Waals surface area contributed by atoms with Crippen LogP contribution in [0.1, 0.15) is 52.9 Å². The molecule has 0 heterocycles. The van der Waals surface area contributed by atoms with Crippen LogP contribution in [0.2, 0.25) is 0 Å². The van der Waals surface area contributed by atoms with Crippen LogP contribution in [0.15, 0.2) is 0 Å². The highest BCUT2D eigenvalue weighted by molar-refractivity contribution is 7.99. The van der Waals surface area contributed by atoms with Crippen molar-refractivity contribution in [3.8, 4) is 0 Å². The number of carboxylic acid groups (broad SMARTS) is 1. The SMILES string of the molecule is CCSC1CCCC1NC(=O)NC(CC)(CC)C(=O)O. The summed E-state index contributed by atoms with van der Waals surface area (Å²) in [6.45, 7) is 5.68. The first-order chi connectivity index (χ1) is 9.49. The maximum atomic E-state index is 12.1. The van der Waals surface area contributed by atoms with Gasteiger partial charge < -0.3 is 15.7 Å². The Morgan fingerprint density at radius 2 is 1.90 bits per heavy atom. The number of urea groups is 1. The predicted octanol–water partition coefficient (Wildman–Crippen LogP) is 2.60. The lowest BCUT2D eigenvalue weighted by Crippen LogP contribution is -2.58. The molecule has 2 unspecified atom stereocenters. The van der Waals surface area contributed by atoms with Gasteiger partial charge in [0.2, 0.25) is 0 Å². The Balaban J connectivity index is 2.60. The quantitative estimate of drug-likeness (QED) is 0.675. The first-order valence-corrected chi connectivity index (χ1v) is 8.47. The normalized spacial score (nSPS) is 22.6. The molecule has 1 saturated carbocycles. The second-order valence-corrected chi connectivity index (χ2v) is 6.74. The summed E-state index contributed by atoms with van der Waals surface area (Å²) < 4.78 is 0. The molecule has 20 heavy (non-hydrogen) atoms. The Labute approximate surface area is 125 Å². The van der Waals surface area contributed by atoms with Gasteiger partial charge >= 0.3 is 12.0 Å². The molecule has 6 heteroatoms. The summed E-state index contributed by atoms with van der Waals surface area (Å²) in [6.07, 6.45) is 3.97. The zero-order chi connectivity index (χ0) is 15.2. The molecule has 0 aromatic rings. The first-order valence-electron chi connectivity index (χ1n) is 7.42. The van der Waals surface area contributed by atoms with Gasteiger partial charge in [0.05, 0.1) is 0 Å². The van der Waals surface area contributed by atoms with Crippen molar-refractivity contribution < 1.29 is 14.7 Å². The van der Waals surface area contributed by atoms with Crippen LogP contribution >= 0.6 is 11.8 Å². The predicted molar refractivity (Wildman–Crippen MR) is 82.2 cm³/mol. The number of thioether (sulfide) groups is 1. The lowest BCUT2D eigenvalue weighted by Gasteiger charge is -2.29. The van der Waals surface area contributed by atoms with Crippen molar-refractivity contribution in [2.75, 3.05) is 5.75 Å². The number of carbonyl (C=O) groups excluding carboxylic acids is 1. The second-order valence-electron chi connectivity index (χ2n) is 5.22. The number of amides is 2. The van der Waals surface area contributed by atoms with Crippen LogP contribution in [-0.4, -0.2) is 39.7 Å². The summed E-state index contributed by atoms with van der Waals surface area (Å²) in [5.41, 5.74) is -1.16. The van der Waals surface area contributed by atoms with E-state index in [1.54, 1.807) is 13.8 Å². The molecule has 0 aromatic heterocycles. The highest BCUT2D eigenvalue weighted by Gasteiger charge is 2.37. The molecule has 0 aromatic carbocycles. The Morgan fingerprint density at radius 1 is 1.25 bits per heavy atom. The molecule has 5 nitrogen and oxygen atoms in total. The van der Waals surface area contributed by atoms with E-state index in [4.69, 9.17) is 0 Å². The molecule has 0 saturated heterocycles. The van der Waals surface area contributed by atoms with E-state index in [1.807, 2.05) is 11.8 Å². The molecule has 2 amide bonds. The van der Waals surface area contributed by atoms with Crippen molar-refractivity contribution in [1.82, 2.24) is 10.6 Å². The van der Waals surface area contributed by atoms with Crippen LogP contribution in [0.3, 0.4) is 0 Å². The minimum Gasteiger partial charge on any atom is -0.480 e. The Kier molecular flexibility index (Phi) is 6.65. The zero-order valence-electron chi connectivity index (χ0n) is 12.6. The lowest BCUT2D eigenvalue weighted by molar-refractivity contribution is -0.144. The van der Waals surface area contributed by atoms with Crippen molar-refractivity contribution >= 4 is 23.8 Å². The van der Waals surface area contributed by atoms with Crippen molar-refractivity contribution in [3.63, 3.8) is 0 Å². The molecule has 1 aliphatic rings. The van der Waals surface area contributed by atoms with Gasteiger partial charge in [0.15, 0.2) is 0 Å². The molecule has 1 rings (SSSR count). The van der Waals surface area contributed by atoms with Gasteiger partial charge in [0.25, 0.3) is 0 Å². The topological polar surface area (TPSA) is 78.4 Å². The standard InChI is InChI=1S/C14H26N2O3S/c1-4-14(5-2,12(17)18)16-13(19)15-10-8-7-9-11(10)20-6-3/h10-11H,4-9H2,1-3H3,(H,17,18)(H2,15,16,19). The summed E-state index contributed by atoms with van der Waals surface area (Å²) in [5, 5.41) is 15.4. The molecule has 116 valence electrons. The van der Waals surface area contributed by atoms with Gasteiger partial charge in [-0.3, -0.25) is 0 Å². The van der Waals surface area contributed by atoms with Crippen LogP contribution in [0, 0.1) is 0 Å². The Hall–Kier alpha value is -0.910. The molecular weight excluding hydrogens is 276 g/mol. The van der Waals surface area contributed by atoms with Crippen LogP contribution in [0.25, 0.3) is 0 Å². The smallest absolute Gasteiger partial charge is 0.329 e. The van der Waals surface area contributed by atoms with Gasteiger partial charge in [0.1, 0.15) is 5.54 Å². The second kappa shape index (κ2) is 7.76. The number of carboxylic acids is 1. The average Bonchev–Trinajstić information content (AvgIpc) is 2.83. The Morgan fingerprint density at radius 3 is 2.40 bits per heavy atom. The van der Waals surface area contributed by atoms with Gasteiger partial charge in [-0.15, -0.1) is 0 Å². The summed E-state index contributed by atoms with van der Waals surface area (Å²) in [5.74, 6) is 0.0662. The third-order valence-electron chi connectivity index (χ3n) is 4.12. The van der Waals surface area contributed by atoms with E-state index in [9.17, 15) is 14.7 Å². The molecule has 2 atom stereocenters. The molecule has 1 fully saturated rings. The van der Waals surface area contributed by atoms with E-state index < -0.39 is 11.5 Å². The van der Waals surface area contributed by atoms with Crippen molar-refractivity contribution in [1.29, 1.82) is 0 Å². The molecule has 0 spiro atoms. The van der Waals surface area contributed by atoms with Crippen molar-refractivity contribution in [2.45, 2.75) is 69.7 Å². The fraction of sp³-hybridized carbons (Fsp3) is 0.857. The number of rotatable bonds is 7. The van der Waals surface area contributed by atoms with Gasteiger partial charge in [0, 0.05) is 11.3 Å². The minimum atomic E-state index is -1.16.